The van der Waals surface area contributed by atoms with Crippen LogP contribution in [0, 0.1) is 5.82 Å². The van der Waals surface area contributed by atoms with Crippen LogP contribution < -0.4 is 4.74 Å². The number of benzene rings is 2. The monoisotopic (exact) mass is 436 g/mol. The van der Waals surface area contributed by atoms with Crippen molar-refractivity contribution in [1.82, 2.24) is 10.1 Å². The fourth-order valence-corrected chi connectivity index (χ4v) is 3.91. The summed E-state index contributed by atoms with van der Waals surface area (Å²) in [6.45, 7) is 0.640. The number of rotatable bonds is 8. The highest BCUT2D eigenvalue weighted by Gasteiger charge is 2.18. The number of nitrogens with zero attached hydrogens (tertiary/aromatic N) is 2. The summed E-state index contributed by atoms with van der Waals surface area (Å²) in [4.78, 5) is 15.7. The first kappa shape index (κ1) is 20.8. The number of ether oxygens (including phenoxy) is 1. The maximum Gasteiger partial charge on any atom is 0.228 e. The van der Waals surface area contributed by atoms with Gasteiger partial charge in [0.05, 0.1) is 20.1 Å². The molecule has 0 N–H and O–H groups in total. The first-order chi connectivity index (χ1) is 15.1. The van der Waals surface area contributed by atoms with Gasteiger partial charge in [0, 0.05) is 23.1 Å². The lowest BCUT2D eigenvalue weighted by atomic mass is 10.1. The summed E-state index contributed by atoms with van der Waals surface area (Å²) in [5.74, 6) is 0.984. The third kappa shape index (κ3) is 5.38. The molecule has 0 aliphatic heterocycles. The molecule has 4 aromatic rings. The Morgan fingerprint density at radius 3 is 2.68 bits per heavy atom. The van der Waals surface area contributed by atoms with Gasteiger partial charge in [-0.25, -0.2) is 4.39 Å². The molecule has 0 unspecified atom stereocenters. The molecule has 0 saturated carbocycles. The van der Waals surface area contributed by atoms with Crippen LogP contribution in [0.4, 0.5) is 4.39 Å². The second-order valence-corrected chi connectivity index (χ2v) is 8.08. The van der Waals surface area contributed by atoms with Gasteiger partial charge in [0.2, 0.25) is 5.91 Å². The van der Waals surface area contributed by atoms with Gasteiger partial charge in [0.15, 0.2) is 5.76 Å². The van der Waals surface area contributed by atoms with Crippen molar-refractivity contribution in [3.63, 3.8) is 0 Å². The van der Waals surface area contributed by atoms with Crippen LogP contribution in [0.15, 0.2) is 76.6 Å². The molecule has 5 nitrogen and oxygen atoms in total. The van der Waals surface area contributed by atoms with E-state index in [1.165, 1.54) is 12.1 Å². The standard InChI is InChI=1S/C24H21FN2O3S/c1-29-21-5-2-4-18(12-21)23-13-20(26-30-23)16-27(15-17-7-9-19(25)10-8-17)24(28)14-22-6-3-11-31-22/h2-13H,14-16H2,1H3. The van der Waals surface area contributed by atoms with E-state index >= 15 is 0 Å². The zero-order chi connectivity index (χ0) is 21.6. The van der Waals surface area contributed by atoms with Crippen molar-refractivity contribution in [2.45, 2.75) is 19.5 Å². The predicted molar refractivity (Wildman–Crippen MR) is 117 cm³/mol. The van der Waals surface area contributed by atoms with Gasteiger partial charge in [-0.05, 0) is 41.3 Å². The number of thiophene rings is 1. The van der Waals surface area contributed by atoms with Crippen LogP contribution in [0.25, 0.3) is 11.3 Å². The quantitative estimate of drug-likeness (QED) is 0.375. The van der Waals surface area contributed by atoms with E-state index in [-0.39, 0.29) is 18.3 Å². The normalized spacial score (nSPS) is 10.8. The number of methoxy groups -OCH3 is 1. The van der Waals surface area contributed by atoms with Gasteiger partial charge in [0.1, 0.15) is 17.3 Å². The molecule has 2 heterocycles. The second kappa shape index (κ2) is 9.57. The number of halogens is 1. The molecule has 0 aliphatic rings. The summed E-state index contributed by atoms with van der Waals surface area (Å²) in [7, 11) is 1.61. The number of carbonyl (C=O) groups is 1. The minimum atomic E-state index is -0.306. The van der Waals surface area contributed by atoms with E-state index in [9.17, 15) is 9.18 Å². The first-order valence-corrected chi connectivity index (χ1v) is 10.6. The van der Waals surface area contributed by atoms with Crippen molar-refractivity contribution in [3.05, 3.63) is 94.1 Å². The largest absolute Gasteiger partial charge is 0.497 e. The average Bonchev–Trinajstić information content (AvgIpc) is 3.47. The Bertz CT molecular complexity index is 1140. The van der Waals surface area contributed by atoms with Gasteiger partial charge in [-0.3, -0.25) is 4.79 Å². The average molecular weight is 437 g/mol. The fourth-order valence-electron chi connectivity index (χ4n) is 3.21. The first-order valence-electron chi connectivity index (χ1n) is 9.75. The van der Waals surface area contributed by atoms with Crippen LogP contribution in [0.3, 0.4) is 0 Å². The molecule has 0 aliphatic carbocycles. The minimum absolute atomic E-state index is 0.0299. The summed E-state index contributed by atoms with van der Waals surface area (Å²) in [6.07, 6.45) is 0.305. The van der Waals surface area contributed by atoms with Gasteiger partial charge in [-0.15, -0.1) is 11.3 Å². The molecule has 158 valence electrons. The summed E-state index contributed by atoms with van der Waals surface area (Å²) in [5, 5.41) is 6.11. The van der Waals surface area contributed by atoms with Crippen LogP contribution >= 0.6 is 11.3 Å². The molecule has 0 radical (unpaired) electrons. The van der Waals surface area contributed by atoms with Gasteiger partial charge < -0.3 is 14.2 Å². The molecule has 2 aromatic carbocycles. The van der Waals surface area contributed by atoms with E-state index in [4.69, 9.17) is 9.26 Å². The second-order valence-electron chi connectivity index (χ2n) is 7.05. The molecule has 31 heavy (non-hydrogen) atoms. The molecule has 0 fully saturated rings. The molecule has 4 rings (SSSR count). The number of hydrogen-bond donors (Lipinski definition) is 0. The van der Waals surface area contributed by atoms with Crippen molar-refractivity contribution in [1.29, 1.82) is 0 Å². The summed E-state index contributed by atoms with van der Waals surface area (Å²) >= 11 is 1.54. The van der Waals surface area contributed by atoms with E-state index in [1.54, 1.807) is 35.5 Å². The highest BCUT2D eigenvalue weighted by molar-refractivity contribution is 7.10. The Balaban J connectivity index is 1.54. The van der Waals surface area contributed by atoms with Crippen molar-refractivity contribution < 1.29 is 18.4 Å². The maximum absolute atomic E-state index is 13.3. The third-order valence-electron chi connectivity index (χ3n) is 4.81. The highest BCUT2D eigenvalue weighted by atomic mass is 32.1. The Morgan fingerprint density at radius 1 is 1.10 bits per heavy atom. The van der Waals surface area contributed by atoms with Gasteiger partial charge in [-0.1, -0.05) is 35.5 Å². The molecule has 0 bridgehead atoms. The van der Waals surface area contributed by atoms with Crippen LogP contribution in [0.5, 0.6) is 5.75 Å². The molecule has 2 aromatic heterocycles. The third-order valence-corrected chi connectivity index (χ3v) is 5.69. The minimum Gasteiger partial charge on any atom is -0.497 e. The molecule has 0 saturated heterocycles. The molecule has 1 amide bonds. The lowest BCUT2D eigenvalue weighted by Gasteiger charge is -2.21. The van der Waals surface area contributed by atoms with E-state index in [2.05, 4.69) is 5.16 Å². The topological polar surface area (TPSA) is 55.6 Å². The van der Waals surface area contributed by atoms with E-state index in [1.807, 2.05) is 47.8 Å². The Hall–Kier alpha value is -3.45. The molecule has 0 atom stereocenters. The smallest absolute Gasteiger partial charge is 0.228 e. The Kier molecular flexibility index (Phi) is 6.43. The summed E-state index contributed by atoms with van der Waals surface area (Å²) in [5.41, 5.74) is 2.32. The lowest BCUT2D eigenvalue weighted by Crippen LogP contribution is -2.31. The highest BCUT2D eigenvalue weighted by Crippen LogP contribution is 2.25. The number of amides is 1. The lowest BCUT2D eigenvalue weighted by molar-refractivity contribution is -0.131. The SMILES string of the molecule is COc1cccc(-c2cc(CN(Cc3ccc(F)cc3)C(=O)Cc3cccs3)no2)c1. The van der Waals surface area contributed by atoms with Crippen molar-refractivity contribution >= 4 is 17.2 Å². The zero-order valence-electron chi connectivity index (χ0n) is 17.0. The molecular weight excluding hydrogens is 415 g/mol. The Labute approximate surface area is 183 Å². The van der Waals surface area contributed by atoms with Crippen molar-refractivity contribution in [2.24, 2.45) is 0 Å². The molecule has 7 heteroatoms. The van der Waals surface area contributed by atoms with E-state index in [0.29, 0.717) is 24.4 Å². The number of aromatic nitrogens is 1. The van der Waals surface area contributed by atoms with Crippen molar-refractivity contribution in [3.8, 4) is 17.1 Å². The summed E-state index contributed by atoms with van der Waals surface area (Å²) < 4.78 is 24.1. The van der Waals surface area contributed by atoms with Crippen LogP contribution in [-0.2, 0) is 24.3 Å². The van der Waals surface area contributed by atoms with E-state index < -0.39 is 0 Å². The van der Waals surface area contributed by atoms with E-state index in [0.717, 1.165) is 21.8 Å². The number of hydrogen-bond acceptors (Lipinski definition) is 5. The Morgan fingerprint density at radius 2 is 1.94 bits per heavy atom. The fraction of sp³-hybridized carbons (Fsp3) is 0.167. The summed E-state index contributed by atoms with van der Waals surface area (Å²) in [6, 6.07) is 19.4. The van der Waals surface area contributed by atoms with Crippen LogP contribution in [0.1, 0.15) is 16.1 Å². The van der Waals surface area contributed by atoms with Gasteiger partial charge >= 0.3 is 0 Å². The zero-order valence-corrected chi connectivity index (χ0v) is 17.8. The van der Waals surface area contributed by atoms with Gasteiger partial charge in [-0.2, -0.15) is 0 Å². The molecular formula is C24H21FN2O3S. The van der Waals surface area contributed by atoms with Crippen LogP contribution in [0.2, 0.25) is 0 Å². The predicted octanol–water partition coefficient (Wildman–Crippen LogP) is 5.32. The van der Waals surface area contributed by atoms with Crippen LogP contribution in [-0.4, -0.2) is 23.1 Å². The molecule has 0 spiro atoms. The van der Waals surface area contributed by atoms with Gasteiger partial charge in [0.25, 0.3) is 0 Å². The maximum atomic E-state index is 13.3. The van der Waals surface area contributed by atoms with Crippen molar-refractivity contribution in [2.75, 3.05) is 7.11 Å². The number of carbonyl (C=O) groups excluding carboxylic acids is 1.